The fourth-order valence-corrected chi connectivity index (χ4v) is 4.31. The molecule has 1 atom stereocenters. The van der Waals surface area contributed by atoms with Gasteiger partial charge in [0.1, 0.15) is 34.6 Å². The number of unbranched alkanes of at least 4 members (excludes halogenated alkanes) is 4. The summed E-state index contributed by atoms with van der Waals surface area (Å²) >= 11 is 0. The highest BCUT2D eigenvalue weighted by atomic mass is 16.6. The lowest BCUT2D eigenvalue weighted by Crippen LogP contribution is -2.21. The molecule has 1 heterocycles. The number of ether oxygens (including phenoxy) is 4. The van der Waals surface area contributed by atoms with Gasteiger partial charge in [-0.3, -0.25) is 0 Å². The molecule has 0 radical (unpaired) electrons. The predicted octanol–water partition coefficient (Wildman–Crippen LogP) is 6.24. The van der Waals surface area contributed by atoms with E-state index in [1.807, 2.05) is 42.5 Å². The summed E-state index contributed by atoms with van der Waals surface area (Å²) in [5.41, 5.74) is 8.08. The Morgan fingerprint density at radius 2 is 1.63 bits per heavy atom. The first-order valence-corrected chi connectivity index (χ1v) is 12.9. The summed E-state index contributed by atoms with van der Waals surface area (Å²) in [5, 5.41) is 9.83. The Labute approximate surface area is 223 Å². The number of nitriles is 1. The smallest absolute Gasteiger partial charge is 0.349 e. The number of nitrogens with two attached hydrogens (primary N) is 1. The van der Waals surface area contributed by atoms with Gasteiger partial charge in [-0.1, -0.05) is 69.0 Å². The second kappa shape index (κ2) is 13.2. The van der Waals surface area contributed by atoms with Crippen molar-refractivity contribution in [2.45, 2.75) is 44.9 Å². The molecule has 38 heavy (non-hydrogen) atoms. The van der Waals surface area contributed by atoms with E-state index in [1.54, 1.807) is 30.3 Å². The highest BCUT2D eigenvalue weighted by Gasteiger charge is 2.31. The molecule has 1 aliphatic rings. The van der Waals surface area contributed by atoms with Crippen molar-refractivity contribution in [3.8, 4) is 29.1 Å². The first-order chi connectivity index (χ1) is 18.6. The Balaban J connectivity index is 1.44. The average Bonchev–Trinajstić information content (AvgIpc) is 2.94. The fourth-order valence-electron chi connectivity index (χ4n) is 4.31. The molecule has 3 aromatic carbocycles. The minimum atomic E-state index is -0.552. The number of esters is 1. The van der Waals surface area contributed by atoms with Gasteiger partial charge in [0.15, 0.2) is 6.61 Å². The van der Waals surface area contributed by atoms with E-state index >= 15 is 0 Å². The number of hydrogen-bond donors (Lipinski definition) is 1. The predicted molar refractivity (Wildman–Crippen MR) is 144 cm³/mol. The van der Waals surface area contributed by atoms with E-state index in [2.05, 4.69) is 13.0 Å². The van der Waals surface area contributed by atoms with Gasteiger partial charge in [-0.15, -0.1) is 0 Å². The molecule has 1 unspecified atom stereocenters. The highest BCUT2D eigenvalue weighted by Crippen LogP contribution is 2.43. The quantitative estimate of drug-likeness (QED) is 0.174. The summed E-state index contributed by atoms with van der Waals surface area (Å²) in [4.78, 5) is 12.3. The van der Waals surface area contributed by atoms with Crippen LogP contribution in [0, 0.1) is 11.3 Å². The van der Waals surface area contributed by atoms with Gasteiger partial charge in [-0.05, 0) is 42.3 Å². The van der Waals surface area contributed by atoms with E-state index in [9.17, 15) is 10.1 Å². The minimum Gasteiger partial charge on any atom is -0.494 e. The second-order valence-corrected chi connectivity index (χ2v) is 9.03. The zero-order valence-corrected chi connectivity index (χ0v) is 21.5. The fraction of sp³-hybridized carbons (Fsp3) is 0.290. The minimum absolute atomic E-state index is 0.0216. The van der Waals surface area contributed by atoms with Crippen LogP contribution in [-0.2, 0) is 4.79 Å². The zero-order chi connectivity index (χ0) is 26.7. The van der Waals surface area contributed by atoms with E-state index in [0.29, 0.717) is 29.4 Å². The number of carbonyl (C=O) groups excluding carboxylic acids is 1. The molecule has 196 valence electrons. The molecular weight excluding hydrogens is 480 g/mol. The first-order valence-electron chi connectivity index (χ1n) is 12.9. The van der Waals surface area contributed by atoms with Gasteiger partial charge >= 0.3 is 5.97 Å². The first kappa shape index (κ1) is 26.6. The lowest BCUT2D eigenvalue weighted by Gasteiger charge is -2.26. The Kier molecular flexibility index (Phi) is 9.25. The van der Waals surface area contributed by atoms with Crippen LogP contribution in [0.5, 0.6) is 23.0 Å². The molecule has 0 bridgehead atoms. The molecule has 1 aliphatic heterocycles. The van der Waals surface area contributed by atoms with Gasteiger partial charge in [0.2, 0.25) is 5.88 Å². The van der Waals surface area contributed by atoms with Gasteiger partial charge in [0, 0.05) is 11.6 Å². The number of rotatable bonds is 12. The van der Waals surface area contributed by atoms with Crippen LogP contribution < -0.4 is 24.7 Å². The van der Waals surface area contributed by atoms with Crippen LogP contribution in [0.15, 0.2) is 84.3 Å². The molecule has 4 rings (SSSR count). The number of hydrogen-bond acceptors (Lipinski definition) is 7. The number of nitrogens with zero attached hydrogens (tertiary/aromatic N) is 1. The van der Waals surface area contributed by atoms with Crippen molar-refractivity contribution >= 4 is 5.97 Å². The number of para-hydroxylation sites is 1. The van der Waals surface area contributed by atoms with Crippen LogP contribution >= 0.6 is 0 Å². The summed E-state index contributed by atoms with van der Waals surface area (Å²) in [7, 11) is 0. The van der Waals surface area contributed by atoms with Gasteiger partial charge in [-0.25, -0.2) is 4.79 Å². The van der Waals surface area contributed by atoms with Crippen molar-refractivity contribution in [2.24, 2.45) is 5.73 Å². The molecule has 0 aliphatic carbocycles. The van der Waals surface area contributed by atoms with Gasteiger partial charge < -0.3 is 24.7 Å². The molecule has 0 saturated carbocycles. The number of carbonyl (C=O) groups is 1. The monoisotopic (exact) mass is 512 g/mol. The SMILES string of the molecule is CCCCCCCOc1ccc(C2C(C#N)=C(N)Oc3cc(OC(=O)COc4ccccc4)ccc32)cc1. The third-order valence-electron chi connectivity index (χ3n) is 6.25. The summed E-state index contributed by atoms with van der Waals surface area (Å²) in [6, 6.07) is 24.0. The normalized spacial score (nSPS) is 14.2. The Morgan fingerprint density at radius 3 is 2.37 bits per heavy atom. The second-order valence-electron chi connectivity index (χ2n) is 9.03. The van der Waals surface area contributed by atoms with Crippen LogP contribution in [0.2, 0.25) is 0 Å². The molecule has 2 N–H and O–H groups in total. The van der Waals surface area contributed by atoms with Crippen LogP contribution in [0.25, 0.3) is 0 Å². The molecule has 7 heteroatoms. The maximum atomic E-state index is 12.3. The van der Waals surface area contributed by atoms with E-state index in [4.69, 9.17) is 24.7 Å². The molecule has 0 saturated heterocycles. The molecule has 0 aromatic heterocycles. The topological polar surface area (TPSA) is 104 Å². The molecule has 0 amide bonds. The lowest BCUT2D eigenvalue weighted by molar-refractivity contribution is -0.136. The largest absolute Gasteiger partial charge is 0.494 e. The van der Waals surface area contributed by atoms with Crippen molar-refractivity contribution in [2.75, 3.05) is 13.2 Å². The number of allylic oxidation sites excluding steroid dienone is 1. The molecular formula is C31H32N2O5. The van der Waals surface area contributed by atoms with Gasteiger partial charge in [-0.2, -0.15) is 5.26 Å². The third kappa shape index (κ3) is 6.86. The summed E-state index contributed by atoms with van der Waals surface area (Å²) in [6.45, 7) is 2.64. The van der Waals surface area contributed by atoms with E-state index < -0.39 is 11.9 Å². The average molecular weight is 513 g/mol. The number of benzene rings is 3. The summed E-state index contributed by atoms with van der Waals surface area (Å²) in [6.07, 6.45) is 5.90. The van der Waals surface area contributed by atoms with E-state index in [-0.39, 0.29) is 12.5 Å². The van der Waals surface area contributed by atoms with Crippen LogP contribution in [0.4, 0.5) is 0 Å². The third-order valence-corrected chi connectivity index (χ3v) is 6.25. The summed E-state index contributed by atoms with van der Waals surface area (Å²) in [5.74, 6) is 1.13. The highest BCUT2D eigenvalue weighted by molar-refractivity contribution is 5.74. The van der Waals surface area contributed by atoms with Crippen molar-refractivity contribution in [1.29, 1.82) is 5.26 Å². The summed E-state index contributed by atoms with van der Waals surface area (Å²) < 4.78 is 22.5. The van der Waals surface area contributed by atoms with Crippen molar-refractivity contribution in [3.05, 3.63) is 95.4 Å². The standard InChI is InChI=1S/C31H32N2O5/c1-2-3-4-5-9-18-35-24-14-12-22(13-15-24)30-26-17-16-25(19-28(26)38-31(33)27(30)20-32)37-29(34)21-36-23-10-7-6-8-11-23/h6-8,10-17,19,30H,2-5,9,18,21,33H2,1H3. The van der Waals surface area contributed by atoms with Gasteiger partial charge in [0.05, 0.1) is 12.5 Å². The lowest BCUT2D eigenvalue weighted by atomic mass is 9.83. The molecule has 0 spiro atoms. The van der Waals surface area contributed by atoms with E-state index in [0.717, 1.165) is 29.7 Å². The molecule has 3 aromatic rings. The van der Waals surface area contributed by atoms with Crippen molar-refractivity contribution < 1.29 is 23.7 Å². The molecule has 0 fully saturated rings. The van der Waals surface area contributed by atoms with Gasteiger partial charge in [0.25, 0.3) is 0 Å². The van der Waals surface area contributed by atoms with E-state index in [1.165, 1.54) is 19.3 Å². The van der Waals surface area contributed by atoms with Crippen LogP contribution in [0.1, 0.15) is 56.1 Å². The zero-order valence-electron chi connectivity index (χ0n) is 21.5. The maximum absolute atomic E-state index is 12.3. The number of fused-ring (bicyclic) bond motifs is 1. The van der Waals surface area contributed by atoms with Crippen LogP contribution in [0.3, 0.4) is 0 Å². The molecule has 7 nitrogen and oxygen atoms in total. The maximum Gasteiger partial charge on any atom is 0.349 e. The Hall–Kier alpha value is -4.44. The Bertz CT molecular complexity index is 1300. The Morgan fingerprint density at radius 1 is 0.921 bits per heavy atom. The van der Waals surface area contributed by atoms with Crippen LogP contribution in [-0.4, -0.2) is 19.2 Å². The van der Waals surface area contributed by atoms with Crippen molar-refractivity contribution in [3.63, 3.8) is 0 Å². The van der Waals surface area contributed by atoms with Crippen molar-refractivity contribution in [1.82, 2.24) is 0 Å².